The molecule has 3 amide bonds. The van der Waals surface area contributed by atoms with Gasteiger partial charge in [-0.05, 0) is 41.4 Å². The van der Waals surface area contributed by atoms with Crippen LogP contribution in [0.5, 0.6) is 0 Å². The summed E-state index contributed by atoms with van der Waals surface area (Å²) in [4.78, 5) is 50.7. The molecule has 0 bridgehead atoms. The van der Waals surface area contributed by atoms with Crippen molar-refractivity contribution >= 4 is 23.7 Å². The highest BCUT2D eigenvalue weighted by Gasteiger charge is 2.40. The summed E-state index contributed by atoms with van der Waals surface area (Å²) >= 11 is 0. The molecule has 3 aromatic carbocycles. The zero-order chi connectivity index (χ0) is 32.3. The number of carboxylic acids is 1. The molecule has 0 unspecified atom stereocenters. The number of hydrogen-bond donors (Lipinski definition) is 5. The maximum atomic E-state index is 14.2. The van der Waals surface area contributed by atoms with E-state index >= 15 is 0 Å². The minimum absolute atomic E-state index is 0.000904. The lowest BCUT2D eigenvalue weighted by Crippen LogP contribution is -2.59. The monoisotopic (exact) mass is 600 g/mol. The lowest BCUT2D eigenvalue weighted by atomic mass is 9.76. The van der Waals surface area contributed by atoms with Crippen LogP contribution in [0.15, 0.2) is 91.0 Å². The lowest BCUT2D eigenvalue weighted by molar-refractivity contribution is -0.143. The van der Waals surface area contributed by atoms with Crippen LogP contribution in [-0.2, 0) is 24.7 Å². The Kier molecular flexibility index (Phi) is 12.2. The van der Waals surface area contributed by atoms with E-state index in [9.17, 15) is 24.3 Å². The molecule has 0 saturated carbocycles. The van der Waals surface area contributed by atoms with Gasteiger partial charge in [-0.2, -0.15) is 0 Å². The van der Waals surface area contributed by atoms with E-state index in [1.54, 1.807) is 0 Å². The van der Waals surface area contributed by atoms with Gasteiger partial charge in [-0.15, -0.1) is 0 Å². The van der Waals surface area contributed by atoms with E-state index in [-0.39, 0.29) is 18.3 Å². The first-order valence-electron chi connectivity index (χ1n) is 15.0. The van der Waals surface area contributed by atoms with Gasteiger partial charge < -0.3 is 21.5 Å². The smallest absolute Gasteiger partial charge is 0.326 e. The quantitative estimate of drug-likeness (QED) is 0.157. The highest BCUT2D eigenvalue weighted by atomic mass is 16.4. The third-order valence-corrected chi connectivity index (χ3v) is 7.39. The van der Waals surface area contributed by atoms with Crippen molar-refractivity contribution in [3.05, 3.63) is 108 Å². The first kappa shape index (κ1) is 34.0. The number of hydrogen-bond acceptors (Lipinski definition) is 5. The van der Waals surface area contributed by atoms with Gasteiger partial charge in [0.1, 0.15) is 12.1 Å². The van der Waals surface area contributed by atoms with Crippen molar-refractivity contribution in [3.8, 4) is 0 Å². The van der Waals surface area contributed by atoms with Crippen LogP contribution in [0.2, 0.25) is 0 Å². The summed E-state index contributed by atoms with van der Waals surface area (Å²) in [5.74, 6) is -3.22. The van der Waals surface area contributed by atoms with Crippen molar-refractivity contribution in [2.75, 3.05) is 0 Å². The summed E-state index contributed by atoms with van der Waals surface area (Å²) in [7, 11) is 0. The second-order valence-corrected chi connectivity index (χ2v) is 11.9. The number of primary amides is 1. The number of carbonyl (C=O) groups is 4. The van der Waals surface area contributed by atoms with Crippen molar-refractivity contribution in [1.29, 1.82) is 0 Å². The van der Waals surface area contributed by atoms with Gasteiger partial charge >= 0.3 is 5.97 Å². The summed E-state index contributed by atoms with van der Waals surface area (Å²) in [5.41, 5.74) is 7.09. The minimum Gasteiger partial charge on any atom is -0.480 e. The molecule has 44 heavy (non-hydrogen) atoms. The van der Waals surface area contributed by atoms with E-state index in [4.69, 9.17) is 5.73 Å². The second kappa shape index (κ2) is 15.8. The van der Waals surface area contributed by atoms with Gasteiger partial charge in [-0.1, -0.05) is 119 Å². The molecule has 0 saturated heterocycles. The first-order valence-corrected chi connectivity index (χ1v) is 15.0. The Morgan fingerprint density at radius 3 is 1.36 bits per heavy atom. The summed E-state index contributed by atoms with van der Waals surface area (Å²) in [5, 5.41) is 18.6. The van der Waals surface area contributed by atoms with Gasteiger partial charge in [0.25, 0.3) is 0 Å². The fourth-order valence-electron chi connectivity index (χ4n) is 5.43. The van der Waals surface area contributed by atoms with Gasteiger partial charge in [0.2, 0.25) is 17.7 Å². The van der Waals surface area contributed by atoms with E-state index in [1.807, 2.05) is 119 Å². The minimum atomic E-state index is -1.50. The molecule has 0 spiro atoms. The van der Waals surface area contributed by atoms with Gasteiger partial charge in [0.05, 0.1) is 18.0 Å². The summed E-state index contributed by atoms with van der Waals surface area (Å²) in [6, 6.07) is 26.5. The molecule has 9 nitrogen and oxygen atoms in total. The molecule has 0 aromatic heterocycles. The predicted molar refractivity (Wildman–Crippen MR) is 170 cm³/mol. The number of amides is 3. The number of nitrogens with one attached hydrogen (secondary N) is 3. The third-order valence-electron chi connectivity index (χ3n) is 7.39. The molecule has 6 N–H and O–H groups in total. The Bertz CT molecular complexity index is 1280. The topological polar surface area (TPSA) is 151 Å². The highest BCUT2D eigenvalue weighted by molar-refractivity contribution is 5.93. The Hall–Kier alpha value is -4.50. The number of nitrogens with two attached hydrogens (primary N) is 1. The molecular formula is C35H44N4O5. The van der Waals surface area contributed by atoms with Crippen LogP contribution in [0.25, 0.3) is 0 Å². The number of benzene rings is 3. The fraction of sp³-hybridized carbons (Fsp3) is 0.371. The van der Waals surface area contributed by atoms with E-state index in [0.29, 0.717) is 6.42 Å². The average Bonchev–Trinajstić information content (AvgIpc) is 2.99. The normalized spacial score (nSPS) is 13.6. The molecule has 0 aliphatic carbocycles. The Balaban J connectivity index is 2.07. The predicted octanol–water partition coefficient (Wildman–Crippen LogP) is 3.96. The SMILES string of the molecule is CC(C)C[C@H](NC(=O)[C@H](CC(C)C)NC(c1ccccc1)(c1ccccc1)c1ccccc1)C(=O)N[C@@H](CC(N)=O)C(=O)O. The van der Waals surface area contributed by atoms with Crippen LogP contribution in [-0.4, -0.2) is 46.9 Å². The van der Waals surface area contributed by atoms with E-state index in [0.717, 1.165) is 16.7 Å². The van der Waals surface area contributed by atoms with E-state index in [1.165, 1.54) is 0 Å². The Morgan fingerprint density at radius 1 is 0.636 bits per heavy atom. The van der Waals surface area contributed by atoms with Crippen LogP contribution in [0.1, 0.15) is 63.6 Å². The third kappa shape index (κ3) is 9.00. The molecule has 3 atom stereocenters. The molecule has 0 aliphatic rings. The zero-order valence-corrected chi connectivity index (χ0v) is 25.8. The van der Waals surface area contributed by atoms with Crippen LogP contribution < -0.4 is 21.7 Å². The van der Waals surface area contributed by atoms with E-state index in [2.05, 4.69) is 16.0 Å². The summed E-state index contributed by atoms with van der Waals surface area (Å²) in [6.07, 6.45) is 0.153. The van der Waals surface area contributed by atoms with E-state index < -0.39 is 53.8 Å². The number of rotatable bonds is 16. The molecule has 0 fully saturated rings. The summed E-state index contributed by atoms with van der Waals surface area (Å²) in [6.45, 7) is 7.85. The van der Waals surface area contributed by atoms with Gasteiger partial charge in [-0.3, -0.25) is 19.7 Å². The lowest BCUT2D eigenvalue weighted by Gasteiger charge is -2.40. The Morgan fingerprint density at radius 2 is 1.00 bits per heavy atom. The maximum Gasteiger partial charge on any atom is 0.326 e. The van der Waals surface area contributed by atoms with Crippen LogP contribution in [0.3, 0.4) is 0 Å². The molecule has 9 heteroatoms. The molecule has 0 aliphatic heterocycles. The van der Waals surface area contributed by atoms with Gasteiger partial charge in [0, 0.05) is 0 Å². The van der Waals surface area contributed by atoms with Crippen molar-refractivity contribution < 1.29 is 24.3 Å². The second-order valence-electron chi connectivity index (χ2n) is 11.9. The average molecular weight is 601 g/mol. The van der Waals surface area contributed by atoms with Gasteiger partial charge in [-0.25, -0.2) is 4.79 Å². The molecule has 0 radical (unpaired) electrons. The molecular weight excluding hydrogens is 556 g/mol. The van der Waals surface area contributed by atoms with Crippen molar-refractivity contribution in [3.63, 3.8) is 0 Å². The molecule has 3 aromatic rings. The largest absolute Gasteiger partial charge is 0.480 e. The molecule has 234 valence electrons. The highest BCUT2D eigenvalue weighted by Crippen LogP contribution is 2.37. The zero-order valence-electron chi connectivity index (χ0n) is 25.8. The molecule has 3 rings (SSSR count). The van der Waals surface area contributed by atoms with Crippen molar-refractivity contribution in [2.24, 2.45) is 17.6 Å². The van der Waals surface area contributed by atoms with Crippen molar-refractivity contribution in [2.45, 2.75) is 70.6 Å². The first-order chi connectivity index (χ1) is 20.9. The van der Waals surface area contributed by atoms with Crippen molar-refractivity contribution in [1.82, 2.24) is 16.0 Å². The summed E-state index contributed by atoms with van der Waals surface area (Å²) < 4.78 is 0. The fourth-order valence-corrected chi connectivity index (χ4v) is 5.43. The maximum absolute atomic E-state index is 14.2. The standard InChI is InChI=1S/C35H44N4O5/c1-23(2)20-28(32(41)38-30(34(43)44)22-31(36)40)37-33(42)29(21-24(3)4)39-35(25-14-8-5-9-15-25,26-16-10-6-11-17-26)27-18-12-7-13-19-27/h5-19,23-24,28-30,39H,20-22H2,1-4H3,(H2,36,40)(H,37,42)(H,38,41)(H,43,44)/t28-,29-,30-/m0/s1. The molecule has 0 heterocycles. The van der Waals surface area contributed by atoms with Crippen LogP contribution in [0.4, 0.5) is 0 Å². The number of carboxylic acid groups (broad SMARTS) is 1. The number of carbonyl (C=O) groups excluding carboxylic acids is 3. The van der Waals surface area contributed by atoms with Crippen LogP contribution >= 0.6 is 0 Å². The number of aliphatic carboxylic acids is 1. The van der Waals surface area contributed by atoms with Gasteiger partial charge in [0.15, 0.2) is 0 Å². The van der Waals surface area contributed by atoms with Crippen LogP contribution in [0, 0.1) is 11.8 Å². The Labute approximate surface area is 259 Å².